The van der Waals surface area contributed by atoms with E-state index in [1.807, 2.05) is 84.9 Å². The van der Waals surface area contributed by atoms with E-state index >= 15 is 0 Å². The number of carbonyl (C=O) groups is 2. The molecule has 0 saturated carbocycles. The van der Waals surface area contributed by atoms with Gasteiger partial charge in [-0.2, -0.15) is 0 Å². The number of anilines is 2. The monoisotopic (exact) mass is 460 g/mol. The zero-order valence-corrected chi connectivity index (χ0v) is 18.7. The van der Waals surface area contributed by atoms with E-state index in [1.165, 1.54) is 16.7 Å². The standard InChI is InChI=1S/C24H16N2O2S3/c27-22(15-25-23(28)21(31-24(25)29)14-16-8-2-1-3-9-16)26-17-10-4-6-12-19(17)30-20-13-7-5-11-18(20)26/h1-14H,15H2. The Hall–Kier alpha value is -2.87. The molecule has 7 heteroatoms. The molecule has 0 spiro atoms. The van der Waals surface area contributed by atoms with Gasteiger partial charge in [-0.3, -0.25) is 19.4 Å². The lowest BCUT2D eigenvalue weighted by Gasteiger charge is -2.32. The first kappa shape index (κ1) is 20.1. The van der Waals surface area contributed by atoms with Crippen molar-refractivity contribution in [1.29, 1.82) is 0 Å². The molecule has 2 heterocycles. The van der Waals surface area contributed by atoms with E-state index in [-0.39, 0.29) is 18.4 Å². The molecule has 0 aromatic heterocycles. The molecule has 31 heavy (non-hydrogen) atoms. The van der Waals surface area contributed by atoms with E-state index in [0.29, 0.717) is 9.23 Å². The third-order valence-corrected chi connectivity index (χ3v) is 7.45. The average Bonchev–Trinajstić information content (AvgIpc) is 3.05. The van der Waals surface area contributed by atoms with Crippen molar-refractivity contribution in [3.63, 3.8) is 0 Å². The van der Waals surface area contributed by atoms with Gasteiger partial charge in [-0.15, -0.1) is 0 Å². The second kappa shape index (κ2) is 8.34. The molecule has 2 aliphatic heterocycles. The molecule has 2 amide bonds. The zero-order valence-electron chi connectivity index (χ0n) is 16.2. The van der Waals surface area contributed by atoms with Crippen molar-refractivity contribution < 1.29 is 9.59 Å². The lowest BCUT2D eigenvalue weighted by atomic mass is 10.2. The predicted octanol–water partition coefficient (Wildman–Crippen LogP) is 5.72. The highest BCUT2D eigenvalue weighted by molar-refractivity contribution is 8.26. The summed E-state index contributed by atoms with van der Waals surface area (Å²) in [6, 6.07) is 25.2. The number of thiocarbonyl (C=S) groups is 1. The Morgan fingerprint density at radius 2 is 1.42 bits per heavy atom. The summed E-state index contributed by atoms with van der Waals surface area (Å²) in [7, 11) is 0. The molecule has 5 rings (SSSR count). The van der Waals surface area contributed by atoms with Crippen molar-refractivity contribution in [3.05, 3.63) is 89.3 Å². The number of amides is 2. The average molecular weight is 461 g/mol. The highest BCUT2D eigenvalue weighted by atomic mass is 32.2. The first-order valence-electron chi connectivity index (χ1n) is 9.61. The Kier molecular flexibility index (Phi) is 5.40. The van der Waals surface area contributed by atoms with Gasteiger partial charge in [0.2, 0.25) is 0 Å². The maximum Gasteiger partial charge on any atom is 0.266 e. The quantitative estimate of drug-likeness (QED) is 0.369. The molecule has 0 atom stereocenters. The number of nitrogens with zero attached hydrogens (tertiary/aromatic N) is 2. The molecule has 2 aliphatic rings. The molecule has 0 unspecified atom stereocenters. The minimum atomic E-state index is -0.236. The normalized spacial score (nSPS) is 16.5. The Morgan fingerprint density at radius 1 is 0.839 bits per heavy atom. The Morgan fingerprint density at radius 3 is 2.06 bits per heavy atom. The van der Waals surface area contributed by atoms with Crippen LogP contribution in [-0.4, -0.2) is 27.6 Å². The van der Waals surface area contributed by atoms with Crippen LogP contribution in [0.5, 0.6) is 0 Å². The summed E-state index contributed by atoms with van der Waals surface area (Å²) in [5.74, 6) is -0.433. The molecule has 0 aliphatic carbocycles. The first-order chi connectivity index (χ1) is 15.1. The minimum Gasteiger partial charge on any atom is -0.283 e. The molecule has 1 saturated heterocycles. The molecule has 0 bridgehead atoms. The van der Waals surface area contributed by atoms with Gasteiger partial charge in [0, 0.05) is 9.79 Å². The molecule has 4 nitrogen and oxygen atoms in total. The van der Waals surface area contributed by atoms with Gasteiger partial charge in [0.1, 0.15) is 10.9 Å². The van der Waals surface area contributed by atoms with Crippen LogP contribution in [-0.2, 0) is 9.59 Å². The van der Waals surface area contributed by atoms with Gasteiger partial charge in [0.25, 0.3) is 11.8 Å². The number of fused-ring (bicyclic) bond motifs is 2. The fourth-order valence-electron chi connectivity index (χ4n) is 3.52. The minimum absolute atomic E-state index is 0.107. The van der Waals surface area contributed by atoms with E-state index in [4.69, 9.17) is 12.2 Å². The van der Waals surface area contributed by atoms with E-state index in [9.17, 15) is 9.59 Å². The second-order valence-corrected chi connectivity index (χ2v) is 9.70. The summed E-state index contributed by atoms with van der Waals surface area (Å²) in [5, 5.41) is 0. The summed E-state index contributed by atoms with van der Waals surface area (Å²) in [6.45, 7) is -0.107. The van der Waals surface area contributed by atoms with Crippen molar-refractivity contribution in [2.45, 2.75) is 9.79 Å². The summed E-state index contributed by atoms with van der Waals surface area (Å²) >= 11 is 8.30. The van der Waals surface area contributed by atoms with Crippen LogP contribution < -0.4 is 4.90 Å². The topological polar surface area (TPSA) is 40.6 Å². The van der Waals surface area contributed by atoms with Gasteiger partial charge >= 0.3 is 0 Å². The van der Waals surface area contributed by atoms with Crippen LogP contribution in [0.25, 0.3) is 6.08 Å². The summed E-state index contributed by atoms with van der Waals surface area (Å²) in [5.41, 5.74) is 2.56. The lowest BCUT2D eigenvalue weighted by molar-refractivity contribution is -0.127. The van der Waals surface area contributed by atoms with Gasteiger partial charge in [0.15, 0.2) is 0 Å². The van der Waals surface area contributed by atoms with Crippen LogP contribution in [0.15, 0.2) is 93.6 Å². The number of para-hydroxylation sites is 2. The molecule has 0 radical (unpaired) electrons. The lowest BCUT2D eigenvalue weighted by Crippen LogP contribution is -2.41. The van der Waals surface area contributed by atoms with Crippen LogP contribution >= 0.6 is 35.7 Å². The van der Waals surface area contributed by atoms with Gasteiger partial charge in [-0.1, -0.05) is 90.3 Å². The van der Waals surface area contributed by atoms with E-state index < -0.39 is 0 Å². The number of benzene rings is 3. The number of hydrogen-bond acceptors (Lipinski definition) is 5. The van der Waals surface area contributed by atoms with E-state index in [0.717, 1.165) is 26.7 Å². The van der Waals surface area contributed by atoms with Crippen molar-refractivity contribution >= 4 is 69.3 Å². The van der Waals surface area contributed by atoms with Crippen LogP contribution in [0.1, 0.15) is 5.56 Å². The van der Waals surface area contributed by atoms with Crippen molar-refractivity contribution in [2.75, 3.05) is 11.4 Å². The van der Waals surface area contributed by atoms with Crippen LogP contribution in [0.4, 0.5) is 11.4 Å². The van der Waals surface area contributed by atoms with Gasteiger partial charge in [0.05, 0.1) is 16.3 Å². The Bertz CT molecular complexity index is 1190. The fraction of sp³-hybridized carbons (Fsp3) is 0.0417. The largest absolute Gasteiger partial charge is 0.283 e. The predicted molar refractivity (Wildman–Crippen MR) is 130 cm³/mol. The third-order valence-electron chi connectivity index (χ3n) is 4.95. The van der Waals surface area contributed by atoms with Gasteiger partial charge in [-0.25, -0.2) is 0 Å². The summed E-state index contributed by atoms with van der Waals surface area (Å²) in [4.78, 5) is 32.1. The molecular weight excluding hydrogens is 444 g/mol. The fourth-order valence-corrected chi connectivity index (χ4v) is 5.83. The molecule has 3 aromatic carbocycles. The number of thioether (sulfide) groups is 1. The zero-order chi connectivity index (χ0) is 21.4. The number of hydrogen-bond donors (Lipinski definition) is 0. The summed E-state index contributed by atoms with van der Waals surface area (Å²) in [6.07, 6.45) is 1.81. The number of rotatable bonds is 3. The highest BCUT2D eigenvalue weighted by Gasteiger charge is 2.36. The smallest absolute Gasteiger partial charge is 0.266 e. The van der Waals surface area contributed by atoms with E-state index in [2.05, 4.69) is 0 Å². The Balaban J connectivity index is 1.44. The number of carbonyl (C=O) groups excluding carboxylic acids is 2. The van der Waals surface area contributed by atoms with Crippen LogP contribution in [0, 0.1) is 0 Å². The van der Waals surface area contributed by atoms with Gasteiger partial charge < -0.3 is 0 Å². The molecular formula is C24H16N2O2S3. The maximum atomic E-state index is 13.5. The molecule has 1 fully saturated rings. The van der Waals surface area contributed by atoms with Crippen LogP contribution in [0.2, 0.25) is 0 Å². The van der Waals surface area contributed by atoms with Gasteiger partial charge in [-0.05, 0) is 35.9 Å². The molecule has 152 valence electrons. The van der Waals surface area contributed by atoms with Crippen LogP contribution in [0.3, 0.4) is 0 Å². The Labute approximate surface area is 193 Å². The van der Waals surface area contributed by atoms with Crippen molar-refractivity contribution in [1.82, 2.24) is 4.90 Å². The SMILES string of the molecule is O=C1C(=Cc2ccccc2)SC(=S)N1CC(=O)N1c2ccccc2Sc2ccccc21. The molecule has 3 aromatic rings. The van der Waals surface area contributed by atoms with Crippen molar-refractivity contribution in [3.8, 4) is 0 Å². The first-order valence-corrected chi connectivity index (χ1v) is 11.7. The second-order valence-electron chi connectivity index (χ2n) is 6.95. The van der Waals surface area contributed by atoms with Crippen molar-refractivity contribution in [2.24, 2.45) is 0 Å². The van der Waals surface area contributed by atoms with E-state index in [1.54, 1.807) is 16.7 Å². The maximum absolute atomic E-state index is 13.5. The third kappa shape index (κ3) is 3.80. The highest BCUT2D eigenvalue weighted by Crippen LogP contribution is 2.48. The summed E-state index contributed by atoms with van der Waals surface area (Å²) < 4.78 is 0.397. The molecule has 0 N–H and O–H groups in total.